The van der Waals surface area contributed by atoms with Gasteiger partial charge in [-0.15, -0.1) is 0 Å². The van der Waals surface area contributed by atoms with Crippen LogP contribution in [0.3, 0.4) is 0 Å². The summed E-state index contributed by atoms with van der Waals surface area (Å²) >= 11 is 6.22. The Balaban J connectivity index is 1.67. The molecular formula is C24H30ClN3O4S. The Morgan fingerprint density at radius 1 is 1.12 bits per heavy atom. The highest BCUT2D eigenvalue weighted by Crippen LogP contribution is 2.26. The van der Waals surface area contributed by atoms with E-state index in [1.165, 1.54) is 22.5 Å². The number of para-hydroxylation sites is 1. The lowest BCUT2D eigenvalue weighted by Gasteiger charge is -2.23. The zero-order valence-electron chi connectivity index (χ0n) is 18.8. The standard InChI is InChI=1S/C24H30ClN3O4S/c1-2-28(19-10-5-3-6-11-19)33(31,32)20-13-14-22(25)21(18-20)24(30)26-15-9-17-27-16-8-4-7-12-23(27)29/h3,5-6,10-11,13-14,18H,2,4,7-9,12,15-17H2,1H3,(H,26,30). The van der Waals surface area contributed by atoms with Gasteiger partial charge in [-0.1, -0.05) is 36.2 Å². The van der Waals surface area contributed by atoms with Gasteiger partial charge in [0.05, 0.1) is 21.2 Å². The van der Waals surface area contributed by atoms with Gasteiger partial charge in [0.25, 0.3) is 15.9 Å². The second-order valence-electron chi connectivity index (χ2n) is 7.95. The Bertz CT molecular complexity index is 1080. The maximum atomic E-state index is 13.3. The van der Waals surface area contributed by atoms with E-state index in [9.17, 15) is 18.0 Å². The van der Waals surface area contributed by atoms with E-state index < -0.39 is 15.9 Å². The number of rotatable bonds is 9. The second-order valence-corrected chi connectivity index (χ2v) is 10.2. The summed E-state index contributed by atoms with van der Waals surface area (Å²) in [6, 6.07) is 13.0. The molecule has 1 N–H and O–H groups in total. The van der Waals surface area contributed by atoms with Gasteiger partial charge in [0, 0.05) is 32.6 Å². The van der Waals surface area contributed by atoms with E-state index in [2.05, 4.69) is 5.32 Å². The Morgan fingerprint density at radius 3 is 2.61 bits per heavy atom. The SMILES string of the molecule is CCN(c1ccccc1)S(=O)(=O)c1ccc(Cl)c(C(=O)NCCCN2CCCCCC2=O)c1. The number of benzene rings is 2. The maximum Gasteiger partial charge on any atom is 0.264 e. The third-order valence-corrected chi connectivity index (χ3v) is 7.89. The van der Waals surface area contributed by atoms with Crippen LogP contribution in [0.25, 0.3) is 0 Å². The molecule has 0 atom stereocenters. The Morgan fingerprint density at radius 2 is 1.88 bits per heavy atom. The van der Waals surface area contributed by atoms with Crippen molar-refractivity contribution < 1.29 is 18.0 Å². The van der Waals surface area contributed by atoms with E-state index in [0.29, 0.717) is 31.6 Å². The molecule has 178 valence electrons. The fourth-order valence-corrected chi connectivity index (χ4v) is 5.60. The van der Waals surface area contributed by atoms with Crippen molar-refractivity contribution in [2.24, 2.45) is 0 Å². The van der Waals surface area contributed by atoms with Crippen LogP contribution < -0.4 is 9.62 Å². The van der Waals surface area contributed by atoms with Crippen molar-refractivity contribution >= 4 is 39.1 Å². The van der Waals surface area contributed by atoms with E-state index in [-0.39, 0.29) is 27.9 Å². The first-order valence-electron chi connectivity index (χ1n) is 11.3. The number of halogens is 1. The first-order chi connectivity index (χ1) is 15.8. The Kier molecular flexibility index (Phi) is 8.74. The molecule has 9 heteroatoms. The molecule has 2 aromatic carbocycles. The maximum absolute atomic E-state index is 13.3. The lowest BCUT2D eigenvalue weighted by molar-refractivity contribution is -0.130. The summed E-state index contributed by atoms with van der Waals surface area (Å²) in [5.41, 5.74) is 0.650. The molecule has 2 aromatic rings. The van der Waals surface area contributed by atoms with Crippen LogP contribution in [-0.4, -0.2) is 51.3 Å². The van der Waals surface area contributed by atoms with Gasteiger partial charge in [-0.25, -0.2) is 8.42 Å². The van der Waals surface area contributed by atoms with Crippen LogP contribution in [0.15, 0.2) is 53.4 Å². The van der Waals surface area contributed by atoms with Crippen LogP contribution >= 0.6 is 11.6 Å². The van der Waals surface area contributed by atoms with Crippen molar-refractivity contribution in [1.29, 1.82) is 0 Å². The molecule has 0 aliphatic carbocycles. The lowest BCUT2D eigenvalue weighted by atomic mass is 10.2. The topological polar surface area (TPSA) is 86.8 Å². The number of carbonyl (C=O) groups is 2. The molecule has 1 aliphatic heterocycles. The molecule has 0 aromatic heterocycles. The largest absolute Gasteiger partial charge is 0.352 e. The van der Waals surface area contributed by atoms with Crippen LogP contribution in [0.1, 0.15) is 49.4 Å². The molecule has 7 nitrogen and oxygen atoms in total. The first kappa shape index (κ1) is 25.1. The second kappa shape index (κ2) is 11.5. The average Bonchev–Trinajstić information content (AvgIpc) is 3.01. The van der Waals surface area contributed by atoms with E-state index in [0.717, 1.165) is 25.8 Å². The molecule has 1 fully saturated rings. The Labute approximate surface area is 200 Å². The molecule has 0 saturated carbocycles. The van der Waals surface area contributed by atoms with Gasteiger partial charge < -0.3 is 10.2 Å². The predicted molar refractivity (Wildman–Crippen MR) is 130 cm³/mol. The van der Waals surface area contributed by atoms with Crippen LogP contribution in [0.2, 0.25) is 5.02 Å². The molecule has 2 amide bonds. The summed E-state index contributed by atoms with van der Waals surface area (Å²) in [5, 5.41) is 2.97. The van der Waals surface area contributed by atoms with Crippen molar-refractivity contribution in [2.75, 3.05) is 30.5 Å². The molecule has 0 radical (unpaired) electrons. The van der Waals surface area contributed by atoms with Crippen molar-refractivity contribution in [3.05, 3.63) is 59.1 Å². The first-order valence-corrected chi connectivity index (χ1v) is 13.1. The molecule has 0 spiro atoms. The molecule has 0 unspecified atom stereocenters. The monoisotopic (exact) mass is 491 g/mol. The van der Waals surface area contributed by atoms with Crippen LogP contribution in [-0.2, 0) is 14.8 Å². The highest BCUT2D eigenvalue weighted by Gasteiger charge is 2.25. The molecule has 33 heavy (non-hydrogen) atoms. The Hall–Kier alpha value is -2.58. The number of likely N-dealkylation sites (tertiary alicyclic amines) is 1. The van der Waals surface area contributed by atoms with Gasteiger partial charge in [-0.2, -0.15) is 0 Å². The summed E-state index contributed by atoms with van der Waals surface area (Å²) in [4.78, 5) is 26.7. The number of anilines is 1. The van der Waals surface area contributed by atoms with E-state index in [4.69, 9.17) is 11.6 Å². The summed E-state index contributed by atoms with van der Waals surface area (Å²) in [6.45, 7) is 3.70. The number of nitrogens with one attached hydrogen (secondary N) is 1. The summed E-state index contributed by atoms with van der Waals surface area (Å²) in [5.74, 6) is -0.277. The van der Waals surface area contributed by atoms with Crippen molar-refractivity contribution in [3.63, 3.8) is 0 Å². The van der Waals surface area contributed by atoms with Crippen LogP contribution in [0.5, 0.6) is 0 Å². The molecular weight excluding hydrogens is 462 g/mol. The van der Waals surface area contributed by atoms with Gasteiger partial charge in [0.15, 0.2) is 0 Å². The van der Waals surface area contributed by atoms with Crippen molar-refractivity contribution in [1.82, 2.24) is 10.2 Å². The van der Waals surface area contributed by atoms with Crippen molar-refractivity contribution in [2.45, 2.75) is 43.9 Å². The summed E-state index contributed by atoms with van der Waals surface area (Å²) in [7, 11) is -3.88. The quantitative estimate of drug-likeness (QED) is 0.535. The number of sulfonamides is 1. The summed E-state index contributed by atoms with van der Waals surface area (Å²) < 4.78 is 27.8. The number of amides is 2. The fourth-order valence-electron chi connectivity index (χ4n) is 3.89. The highest BCUT2D eigenvalue weighted by molar-refractivity contribution is 7.92. The molecule has 1 saturated heterocycles. The van der Waals surface area contributed by atoms with E-state index in [1.54, 1.807) is 31.2 Å². The third kappa shape index (κ3) is 6.26. The predicted octanol–water partition coefficient (Wildman–Crippen LogP) is 4.08. The van der Waals surface area contributed by atoms with Crippen LogP contribution in [0.4, 0.5) is 5.69 Å². The van der Waals surface area contributed by atoms with Gasteiger partial charge >= 0.3 is 0 Å². The molecule has 0 bridgehead atoms. The fraction of sp³-hybridized carbons (Fsp3) is 0.417. The smallest absolute Gasteiger partial charge is 0.264 e. The van der Waals surface area contributed by atoms with Gasteiger partial charge in [-0.3, -0.25) is 13.9 Å². The van der Waals surface area contributed by atoms with Gasteiger partial charge in [0.2, 0.25) is 5.91 Å². The number of hydrogen-bond donors (Lipinski definition) is 1. The summed E-state index contributed by atoms with van der Waals surface area (Å²) in [6.07, 6.45) is 4.21. The number of nitrogens with zero attached hydrogens (tertiary/aromatic N) is 2. The molecule has 1 aliphatic rings. The van der Waals surface area contributed by atoms with Gasteiger partial charge in [-0.05, 0) is 56.5 Å². The van der Waals surface area contributed by atoms with E-state index >= 15 is 0 Å². The van der Waals surface area contributed by atoms with Gasteiger partial charge in [0.1, 0.15) is 0 Å². The normalized spacial score (nSPS) is 14.6. The number of hydrogen-bond acceptors (Lipinski definition) is 4. The molecule has 3 rings (SSSR count). The average molecular weight is 492 g/mol. The van der Waals surface area contributed by atoms with E-state index in [1.807, 2.05) is 11.0 Å². The third-order valence-electron chi connectivity index (χ3n) is 5.66. The highest BCUT2D eigenvalue weighted by atomic mass is 35.5. The zero-order chi connectivity index (χ0) is 23.8. The lowest BCUT2D eigenvalue weighted by Crippen LogP contribution is -2.34. The van der Waals surface area contributed by atoms with Crippen molar-refractivity contribution in [3.8, 4) is 0 Å². The van der Waals surface area contributed by atoms with Crippen LogP contribution in [0, 0.1) is 0 Å². The minimum atomic E-state index is -3.88. The number of carbonyl (C=O) groups excluding carboxylic acids is 2. The minimum absolute atomic E-state index is 0.00193. The zero-order valence-corrected chi connectivity index (χ0v) is 20.4. The minimum Gasteiger partial charge on any atom is -0.352 e. The molecule has 1 heterocycles.